The van der Waals surface area contributed by atoms with Crippen LogP contribution in [0.25, 0.3) is 10.2 Å². The monoisotopic (exact) mass is 355 g/mol. The summed E-state index contributed by atoms with van der Waals surface area (Å²) >= 11 is 1.37. The number of hydrogen-bond acceptors (Lipinski definition) is 6. The third-order valence-corrected chi connectivity index (χ3v) is 4.51. The smallest absolute Gasteiger partial charge is 0.338 e. The summed E-state index contributed by atoms with van der Waals surface area (Å²) < 4.78 is 6.29. The fourth-order valence-electron chi connectivity index (χ4n) is 2.30. The Bertz CT molecular complexity index is 890. The Labute approximate surface area is 148 Å². The van der Waals surface area contributed by atoms with E-state index in [4.69, 9.17) is 10.5 Å². The highest BCUT2D eigenvalue weighted by atomic mass is 32.1. The summed E-state index contributed by atoms with van der Waals surface area (Å²) in [4.78, 5) is 28.9. The van der Waals surface area contributed by atoms with Crippen molar-refractivity contribution in [2.45, 2.75) is 19.4 Å². The number of carbonyl (C=O) groups excluding carboxylic acids is 2. The number of aromatic nitrogens is 1. The fourth-order valence-corrected chi connectivity index (χ4v) is 3.17. The molecule has 0 saturated carbocycles. The van der Waals surface area contributed by atoms with Crippen LogP contribution in [0.2, 0.25) is 0 Å². The van der Waals surface area contributed by atoms with Crippen LogP contribution in [-0.2, 0) is 9.53 Å². The number of anilines is 2. The van der Waals surface area contributed by atoms with Gasteiger partial charge in [-0.1, -0.05) is 36.5 Å². The van der Waals surface area contributed by atoms with Crippen LogP contribution in [0, 0.1) is 0 Å². The number of carbonyl (C=O) groups is 2. The van der Waals surface area contributed by atoms with Gasteiger partial charge in [0.2, 0.25) is 0 Å². The molecule has 0 fully saturated rings. The van der Waals surface area contributed by atoms with Crippen molar-refractivity contribution in [3.8, 4) is 0 Å². The summed E-state index contributed by atoms with van der Waals surface area (Å²) in [6.07, 6.45) is -0.550. The van der Waals surface area contributed by atoms with Crippen molar-refractivity contribution < 1.29 is 14.3 Å². The molecule has 0 aliphatic heterocycles. The first kappa shape index (κ1) is 16.9. The largest absolute Gasteiger partial charge is 0.449 e. The van der Waals surface area contributed by atoms with Gasteiger partial charge in [-0.3, -0.25) is 10.1 Å². The minimum atomic E-state index is -0.902. The number of rotatable bonds is 5. The number of para-hydroxylation sites is 1. The lowest BCUT2D eigenvalue weighted by molar-refractivity contribution is -0.124. The number of esters is 1. The van der Waals surface area contributed by atoms with E-state index >= 15 is 0 Å². The molecule has 25 heavy (non-hydrogen) atoms. The third-order valence-electron chi connectivity index (χ3n) is 3.56. The molecule has 0 saturated heterocycles. The zero-order valence-corrected chi connectivity index (χ0v) is 14.4. The molecule has 7 heteroatoms. The third kappa shape index (κ3) is 3.95. The lowest BCUT2D eigenvalue weighted by Gasteiger charge is -2.15. The van der Waals surface area contributed by atoms with E-state index in [1.54, 1.807) is 25.1 Å². The van der Waals surface area contributed by atoms with Gasteiger partial charge in [-0.25, -0.2) is 9.78 Å². The summed E-state index contributed by atoms with van der Waals surface area (Å²) in [6.45, 7) is 1.77. The van der Waals surface area contributed by atoms with E-state index in [-0.39, 0.29) is 0 Å². The van der Waals surface area contributed by atoms with Crippen molar-refractivity contribution in [2.75, 3.05) is 11.1 Å². The summed E-state index contributed by atoms with van der Waals surface area (Å²) in [5, 5.41) is 3.19. The van der Waals surface area contributed by atoms with E-state index in [0.29, 0.717) is 22.8 Å². The average molecular weight is 355 g/mol. The maximum atomic E-state index is 12.4. The topological polar surface area (TPSA) is 94.3 Å². The minimum Gasteiger partial charge on any atom is -0.449 e. The fraction of sp³-hybridized carbons (Fsp3) is 0.167. The van der Waals surface area contributed by atoms with Crippen molar-refractivity contribution in [1.82, 2.24) is 4.98 Å². The summed E-state index contributed by atoms with van der Waals surface area (Å²) in [5.74, 6) is -0.989. The van der Waals surface area contributed by atoms with Crippen LogP contribution in [0.1, 0.15) is 23.7 Å². The van der Waals surface area contributed by atoms with Crippen LogP contribution in [0.4, 0.5) is 10.8 Å². The summed E-state index contributed by atoms with van der Waals surface area (Å²) in [5.41, 5.74) is 7.25. The maximum Gasteiger partial charge on any atom is 0.338 e. The molecule has 3 N–H and O–H groups in total. The average Bonchev–Trinajstić information content (AvgIpc) is 3.01. The molecule has 1 unspecified atom stereocenters. The van der Waals surface area contributed by atoms with Crippen LogP contribution in [0.3, 0.4) is 0 Å². The number of amides is 1. The van der Waals surface area contributed by atoms with Gasteiger partial charge in [-0.05, 0) is 36.8 Å². The number of thiazole rings is 1. The first-order valence-corrected chi connectivity index (χ1v) is 8.61. The molecule has 0 radical (unpaired) electrons. The van der Waals surface area contributed by atoms with Crippen molar-refractivity contribution in [3.63, 3.8) is 0 Å². The molecule has 1 amide bonds. The van der Waals surface area contributed by atoms with Gasteiger partial charge in [0.1, 0.15) is 0 Å². The van der Waals surface area contributed by atoms with E-state index in [1.165, 1.54) is 17.4 Å². The molecule has 0 aliphatic carbocycles. The summed E-state index contributed by atoms with van der Waals surface area (Å²) in [6, 6.07) is 14.0. The van der Waals surface area contributed by atoms with Gasteiger partial charge in [-0.2, -0.15) is 0 Å². The number of benzene rings is 2. The number of nitrogens with two attached hydrogens (primary N) is 1. The zero-order valence-electron chi connectivity index (χ0n) is 13.6. The van der Waals surface area contributed by atoms with Crippen LogP contribution < -0.4 is 11.1 Å². The van der Waals surface area contributed by atoms with E-state index in [0.717, 1.165) is 10.2 Å². The Hall–Kier alpha value is -2.93. The van der Waals surface area contributed by atoms with Gasteiger partial charge in [0, 0.05) is 5.69 Å². The Balaban J connectivity index is 1.69. The predicted molar refractivity (Wildman–Crippen MR) is 98.6 cm³/mol. The second-order valence-electron chi connectivity index (χ2n) is 5.40. The molecule has 3 aromatic rings. The second-order valence-corrected chi connectivity index (χ2v) is 6.43. The van der Waals surface area contributed by atoms with Crippen LogP contribution in [0.5, 0.6) is 0 Å². The van der Waals surface area contributed by atoms with E-state index in [1.807, 2.05) is 24.3 Å². The number of fused-ring (bicyclic) bond motifs is 1. The van der Waals surface area contributed by atoms with Gasteiger partial charge in [0.05, 0.1) is 15.8 Å². The van der Waals surface area contributed by atoms with Crippen molar-refractivity contribution >= 4 is 44.2 Å². The molecule has 0 spiro atoms. The number of ether oxygens (including phenoxy) is 1. The van der Waals surface area contributed by atoms with E-state index in [2.05, 4.69) is 10.3 Å². The Morgan fingerprint density at radius 1 is 1.24 bits per heavy atom. The molecule has 2 aromatic carbocycles. The molecule has 1 atom stereocenters. The van der Waals surface area contributed by atoms with Crippen molar-refractivity contribution in [1.29, 1.82) is 0 Å². The molecule has 1 heterocycles. The highest BCUT2D eigenvalue weighted by Gasteiger charge is 2.23. The highest BCUT2D eigenvalue weighted by Crippen LogP contribution is 2.25. The van der Waals surface area contributed by atoms with Crippen LogP contribution in [0.15, 0.2) is 48.5 Å². The van der Waals surface area contributed by atoms with Gasteiger partial charge < -0.3 is 10.5 Å². The SMILES string of the molecule is CCC(OC(=O)c1cccc(N)c1)C(=O)Nc1nc2ccccc2s1. The van der Waals surface area contributed by atoms with Gasteiger partial charge in [-0.15, -0.1) is 0 Å². The maximum absolute atomic E-state index is 12.4. The zero-order chi connectivity index (χ0) is 17.8. The molecular weight excluding hydrogens is 338 g/mol. The number of nitrogens with one attached hydrogen (secondary N) is 1. The quantitative estimate of drug-likeness (QED) is 0.540. The second kappa shape index (κ2) is 7.31. The normalized spacial score (nSPS) is 11.9. The van der Waals surface area contributed by atoms with E-state index < -0.39 is 18.0 Å². The molecule has 6 nitrogen and oxygen atoms in total. The molecule has 3 rings (SSSR count). The predicted octanol–water partition coefficient (Wildman–Crippen LogP) is 3.45. The van der Waals surface area contributed by atoms with Crippen LogP contribution in [-0.4, -0.2) is 23.0 Å². The van der Waals surface area contributed by atoms with Crippen LogP contribution >= 0.6 is 11.3 Å². The molecule has 128 valence electrons. The lowest BCUT2D eigenvalue weighted by Crippen LogP contribution is -2.32. The lowest BCUT2D eigenvalue weighted by atomic mass is 10.2. The number of hydrogen-bond donors (Lipinski definition) is 2. The summed E-state index contributed by atoms with van der Waals surface area (Å²) in [7, 11) is 0. The first-order valence-electron chi connectivity index (χ1n) is 7.79. The van der Waals surface area contributed by atoms with Gasteiger partial charge in [0.25, 0.3) is 5.91 Å². The van der Waals surface area contributed by atoms with Gasteiger partial charge >= 0.3 is 5.97 Å². The standard InChI is InChI=1S/C18H17N3O3S/c1-2-14(24-17(23)11-6-5-7-12(19)10-11)16(22)21-18-20-13-8-3-4-9-15(13)25-18/h3-10,14H,2,19H2,1H3,(H,20,21,22). The Kier molecular flexibility index (Phi) is 4.95. The van der Waals surface area contributed by atoms with E-state index in [9.17, 15) is 9.59 Å². The minimum absolute atomic E-state index is 0.311. The van der Waals surface area contributed by atoms with Gasteiger partial charge in [0.15, 0.2) is 11.2 Å². The highest BCUT2D eigenvalue weighted by molar-refractivity contribution is 7.22. The molecule has 0 aliphatic rings. The molecule has 1 aromatic heterocycles. The number of nitrogens with zero attached hydrogens (tertiary/aromatic N) is 1. The Morgan fingerprint density at radius 3 is 2.76 bits per heavy atom. The molecule has 0 bridgehead atoms. The van der Waals surface area contributed by atoms with Crippen molar-refractivity contribution in [2.24, 2.45) is 0 Å². The molecular formula is C18H17N3O3S. The number of nitrogen functional groups attached to an aromatic ring is 1. The Morgan fingerprint density at radius 2 is 2.04 bits per heavy atom. The first-order chi connectivity index (χ1) is 12.1. The van der Waals surface area contributed by atoms with Crippen molar-refractivity contribution in [3.05, 3.63) is 54.1 Å².